The lowest BCUT2D eigenvalue weighted by Crippen LogP contribution is -2.19. The number of aromatic nitrogens is 2. The first-order valence-corrected chi connectivity index (χ1v) is 7.76. The molecule has 108 valence electrons. The summed E-state index contributed by atoms with van der Waals surface area (Å²) in [5.74, 6) is 0. The molecule has 0 fully saturated rings. The molecule has 4 nitrogen and oxygen atoms in total. The van der Waals surface area contributed by atoms with Gasteiger partial charge in [-0.15, -0.1) is 10.2 Å². The normalized spacial score (nSPS) is 14.2. The first-order chi connectivity index (χ1) is 9.80. The Balaban J connectivity index is 2.22. The van der Waals surface area contributed by atoms with Gasteiger partial charge >= 0.3 is 0 Å². The molecule has 1 N–H and O–H groups in total. The largest absolute Gasteiger partial charge is 0.369 e. The first-order valence-electron chi connectivity index (χ1n) is 6.94. The maximum atomic E-state index is 5.60. The van der Waals surface area contributed by atoms with Gasteiger partial charge in [0.25, 0.3) is 0 Å². The smallest absolute Gasteiger partial charge is 0.151 e. The molecule has 2 atom stereocenters. The molecule has 1 aromatic heterocycles. The molecule has 0 radical (unpaired) electrons. The van der Waals surface area contributed by atoms with Crippen LogP contribution in [-0.2, 0) is 4.74 Å². The Morgan fingerprint density at radius 2 is 1.85 bits per heavy atom. The number of hydrogen-bond donors (Lipinski definition) is 1. The Labute approximate surface area is 124 Å². The van der Waals surface area contributed by atoms with Gasteiger partial charge in [-0.05, 0) is 18.5 Å². The summed E-state index contributed by atoms with van der Waals surface area (Å²) in [4.78, 5) is 0. The lowest BCUT2D eigenvalue weighted by molar-refractivity contribution is 0.135. The summed E-state index contributed by atoms with van der Waals surface area (Å²) < 4.78 is 5.60. The standard InChI is InChI=1S/C15H21N3OS/c1-4-12(16-5-2)14-17-18-15(20-14)13(19-3)11-9-7-6-8-10-11/h6-10,12-13,16H,4-5H2,1-3H3. The molecule has 0 spiro atoms. The number of rotatable bonds is 7. The van der Waals surface area contributed by atoms with Gasteiger partial charge in [-0.25, -0.2) is 0 Å². The molecule has 0 aliphatic heterocycles. The lowest BCUT2D eigenvalue weighted by Gasteiger charge is -2.13. The maximum absolute atomic E-state index is 5.60. The number of hydrogen-bond acceptors (Lipinski definition) is 5. The van der Waals surface area contributed by atoms with Gasteiger partial charge in [0.2, 0.25) is 0 Å². The van der Waals surface area contributed by atoms with Crippen LogP contribution in [0.15, 0.2) is 30.3 Å². The molecule has 5 heteroatoms. The number of nitrogens with one attached hydrogen (secondary N) is 1. The van der Waals surface area contributed by atoms with Crippen molar-refractivity contribution in [2.24, 2.45) is 0 Å². The zero-order chi connectivity index (χ0) is 14.4. The third kappa shape index (κ3) is 3.42. The van der Waals surface area contributed by atoms with E-state index >= 15 is 0 Å². The van der Waals surface area contributed by atoms with E-state index in [9.17, 15) is 0 Å². The van der Waals surface area contributed by atoms with Crippen molar-refractivity contribution < 1.29 is 4.74 Å². The molecular weight excluding hydrogens is 270 g/mol. The van der Waals surface area contributed by atoms with Gasteiger partial charge in [0.05, 0.1) is 6.04 Å². The fourth-order valence-electron chi connectivity index (χ4n) is 2.15. The van der Waals surface area contributed by atoms with Gasteiger partial charge in [0.1, 0.15) is 11.1 Å². The Morgan fingerprint density at radius 1 is 1.15 bits per heavy atom. The van der Waals surface area contributed by atoms with Crippen molar-refractivity contribution in [3.8, 4) is 0 Å². The van der Waals surface area contributed by atoms with Crippen LogP contribution in [-0.4, -0.2) is 23.9 Å². The van der Waals surface area contributed by atoms with E-state index in [0.717, 1.165) is 28.5 Å². The van der Waals surface area contributed by atoms with E-state index in [4.69, 9.17) is 4.74 Å². The SMILES string of the molecule is CCNC(CC)c1nnc(C(OC)c2ccccc2)s1. The highest BCUT2D eigenvalue weighted by Crippen LogP contribution is 2.30. The van der Waals surface area contributed by atoms with Crippen LogP contribution in [0.4, 0.5) is 0 Å². The van der Waals surface area contributed by atoms with Crippen LogP contribution in [0.3, 0.4) is 0 Å². The van der Waals surface area contributed by atoms with Crippen LogP contribution in [0.5, 0.6) is 0 Å². The monoisotopic (exact) mass is 291 g/mol. The second-order valence-corrected chi connectivity index (χ2v) is 5.56. The van der Waals surface area contributed by atoms with E-state index in [1.54, 1.807) is 18.4 Å². The molecule has 0 saturated heterocycles. The zero-order valence-corrected chi connectivity index (χ0v) is 13.0. The minimum atomic E-state index is -0.137. The van der Waals surface area contributed by atoms with Gasteiger partial charge in [-0.2, -0.15) is 0 Å². The third-order valence-corrected chi connectivity index (χ3v) is 4.26. The van der Waals surface area contributed by atoms with Gasteiger partial charge in [0.15, 0.2) is 5.01 Å². The summed E-state index contributed by atoms with van der Waals surface area (Å²) in [5.41, 5.74) is 1.11. The van der Waals surface area contributed by atoms with Crippen LogP contribution < -0.4 is 5.32 Å². The highest BCUT2D eigenvalue weighted by Gasteiger charge is 2.21. The predicted octanol–water partition coefficient (Wildman–Crippen LogP) is 3.33. The van der Waals surface area contributed by atoms with Crippen LogP contribution in [0, 0.1) is 0 Å². The highest BCUT2D eigenvalue weighted by molar-refractivity contribution is 7.11. The second kappa shape index (κ2) is 7.47. The van der Waals surface area contributed by atoms with Crippen LogP contribution in [0.25, 0.3) is 0 Å². The minimum Gasteiger partial charge on any atom is -0.369 e. The van der Waals surface area contributed by atoms with Gasteiger partial charge in [-0.3, -0.25) is 0 Å². The van der Waals surface area contributed by atoms with Crippen molar-refractivity contribution in [2.45, 2.75) is 32.4 Å². The quantitative estimate of drug-likeness (QED) is 0.850. The maximum Gasteiger partial charge on any atom is 0.151 e. The highest BCUT2D eigenvalue weighted by atomic mass is 32.1. The lowest BCUT2D eigenvalue weighted by atomic mass is 10.1. The first kappa shape index (κ1) is 15.1. The third-order valence-electron chi connectivity index (χ3n) is 3.18. The summed E-state index contributed by atoms with van der Waals surface area (Å²) in [6.45, 7) is 5.19. The summed E-state index contributed by atoms with van der Waals surface area (Å²) in [5, 5.41) is 14.0. The van der Waals surface area contributed by atoms with Gasteiger partial charge < -0.3 is 10.1 Å². The average Bonchev–Trinajstić information content (AvgIpc) is 2.96. The Bertz CT molecular complexity index is 515. The van der Waals surface area contributed by atoms with E-state index in [2.05, 4.69) is 41.5 Å². The van der Waals surface area contributed by atoms with Crippen molar-refractivity contribution in [1.82, 2.24) is 15.5 Å². The van der Waals surface area contributed by atoms with Gasteiger partial charge in [0, 0.05) is 7.11 Å². The van der Waals surface area contributed by atoms with Crippen molar-refractivity contribution in [3.05, 3.63) is 45.9 Å². The molecule has 0 bridgehead atoms. The topological polar surface area (TPSA) is 47.0 Å². The van der Waals surface area contributed by atoms with Crippen LogP contribution in [0.2, 0.25) is 0 Å². The number of methoxy groups -OCH3 is 1. The second-order valence-electron chi connectivity index (χ2n) is 4.52. The van der Waals surface area contributed by atoms with Crippen LogP contribution in [0.1, 0.15) is 48.0 Å². The molecule has 0 aliphatic rings. The molecule has 20 heavy (non-hydrogen) atoms. The number of benzene rings is 1. The summed E-state index contributed by atoms with van der Waals surface area (Å²) in [6, 6.07) is 10.4. The van der Waals surface area contributed by atoms with Crippen LogP contribution >= 0.6 is 11.3 Å². The average molecular weight is 291 g/mol. The van der Waals surface area contributed by atoms with E-state index in [1.807, 2.05) is 18.2 Å². The Kier molecular flexibility index (Phi) is 5.64. The molecule has 1 aromatic carbocycles. The van der Waals surface area contributed by atoms with E-state index < -0.39 is 0 Å². The number of ether oxygens (including phenoxy) is 1. The fraction of sp³-hybridized carbons (Fsp3) is 0.467. The summed E-state index contributed by atoms with van der Waals surface area (Å²) in [7, 11) is 1.71. The fourth-order valence-corrected chi connectivity index (χ4v) is 3.26. The molecule has 0 aliphatic carbocycles. The number of nitrogens with zero attached hydrogens (tertiary/aromatic N) is 2. The molecule has 0 saturated carbocycles. The molecular formula is C15H21N3OS. The zero-order valence-electron chi connectivity index (χ0n) is 12.2. The van der Waals surface area contributed by atoms with Crippen molar-refractivity contribution in [3.63, 3.8) is 0 Å². The van der Waals surface area contributed by atoms with Gasteiger partial charge in [-0.1, -0.05) is 55.5 Å². The summed E-state index contributed by atoms with van der Waals surface area (Å²) in [6.07, 6.45) is 0.868. The van der Waals surface area contributed by atoms with E-state index in [-0.39, 0.29) is 12.1 Å². The Morgan fingerprint density at radius 3 is 2.45 bits per heavy atom. The minimum absolute atomic E-state index is 0.137. The van der Waals surface area contributed by atoms with E-state index in [1.165, 1.54) is 0 Å². The molecule has 0 amide bonds. The van der Waals surface area contributed by atoms with Crippen molar-refractivity contribution in [1.29, 1.82) is 0 Å². The van der Waals surface area contributed by atoms with Crippen molar-refractivity contribution >= 4 is 11.3 Å². The molecule has 2 unspecified atom stereocenters. The Hall–Kier alpha value is -1.30. The predicted molar refractivity (Wildman–Crippen MR) is 81.9 cm³/mol. The van der Waals surface area contributed by atoms with E-state index in [0.29, 0.717) is 0 Å². The summed E-state index contributed by atoms with van der Waals surface area (Å²) >= 11 is 1.62. The molecule has 2 aromatic rings. The molecule has 2 rings (SSSR count). The molecule has 1 heterocycles. The van der Waals surface area contributed by atoms with Crippen molar-refractivity contribution in [2.75, 3.05) is 13.7 Å².